The topological polar surface area (TPSA) is 0 Å². The normalized spacial score (nSPS) is 17.0. The van der Waals surface area contributed by atoms with Crippen LogP contribution in [0.1, 0.15) is 27.7 Å². The fraction of sp³-hybridized carbons (Fsp3) is 0.593. The molecular weight excluding hydrogens is 1080 g/mol. The van der Waals surface area contributed by atoms with Crippen molar-refractivity contribution in [3.63, 3.8) is 0 Å². The number of rotatable bonds is 13. The second-order valence-corrected chi connectivity index (χ2v) is 79.4. The number of allylic oxidation sites excluding steroid dienone is 4. The molecule has 0 saturated carbocycles. The Bertz CT molecular complexity index is 2060. The van der Waals surface area contributed by atoms with Crippen LogP contribution in [0.5, 0.6) is 0 Å². The first-order valence-electron chi connectivity index (χ1n) is 25.0. The van der Waals surface area contributed by atoms with Gasteiger partial charge in [0.1, 0.15) is 8.07 Å². The van der Waals surface area contributed by atoms with Crippen molar-refractivity contribution in [3.05, 3.63) is 59.2 Å². The number of halogens is 3. The largest absolute Gasteiger partial charge is 4.00 e. The van der Waals surface area contributed by atoms with E-state index in [0.717, 1.165) is 0 Å². The van der Waals surface area contributed by atoms with Crippen LogP contribution in [-0.4, -0.2) is 80.7 Å². The Kier molecular flexibility index (Phi) is 21.8. The third-order valence-corrected chi connectivity index (χ3v) is 40.5. The molecule has 0 aromatic heterocycles. The molecule has 0 heterocycles. The molecule has 1 aliphatic rings. The molecule has 380 valence electrons. The van der Waals surface area contributed by atoms with Gasteiger partial charge in [-0.05, 0) is 0 Å². The molecule has 4 rings (SSSR count). The summed E-state index contributed by atoms with van der Waals surface area (Å²) >= 11 is 0. The zero-order chi connectivity index (χ0) is 50.1. The first kappa shape index (κ1) is 68.9. The second-order valence-electron chi connectivity index (χ2n) is 30.0. The van der Waals surface area contributed by atoms with Crippen LogP contribution in [0.4, 0.5) is 0 Å². The van der Waals surface area contributed by atoms with Crippen LogP contribution >= 0.6 is 0 Å². The Morgan fingerprint density at radius 1 is 0.324 bits per heavy atom. The average molecular weight is 1180 g/mol. The molecule has 0 radical (unpaired) electrons. The molecule has 3 aromatic rings. The van der Waals surface area contributed by atoms with E-state index in [1.807, 2.05) is 15.6 Å². The molecule has 3 aromatic carbocycles. The molecule has 1 unspecified atom stereocenters. The van der Waals surface area contributed by atoms with Gasteiger partial charge in [-0.25, -0.2) is 5.57 Å². The van der Waals surface area contributed by atoms with Crippen LogP contribution in [0.15, 0.2) is 53.1 Å². The van der Waals surface area contributed by atoms with Gasteiger partial charge in [0.15, 0.2) is 0 Å². The van der Waals surface area contributed by atoms with Crippen molar-refractivity contribution >= 4 is 143 Å². The Morgan fingerprint density at radius 3 is 0.618 bits per heavy atom. The van der Waals surface area contributed by atoms with Crippen LogP contribution in [-0.2, 0) is 21.7 Å². The summed E-state index contributed by atoms with van der Waals surface area (Å²) in [5.74, 6) is 0. The van der Waals surface area contributed by atoms with Crippen LogP contribution in [0, 0.1) is 6.08 Å². The van der Waals surface area contributed by atoms with E-state index in [1.165, 1.54) is 11.1 Å². The van der Waals surface area contributed by atoms with E-state index in [0.29, 0.717) is 0 Å². The van der Waals surface area contributed by atoms with Gasteiger partial charge < -0.3 is 37.2 Å². The maximum Gasteiger partial charge on any atom is 4.00 e. The summed E-state index contributed by atoms with van der Waals surface area (Å²) in [6.45, 7) is 82.9. The van der Waals surface area contributed by atoms with Crippen LogP contribution in [0.2, 0.25) is 182 Å². The van der Waals surface area contributed by atoms with E-state index in [1.54, 1.807) is 52.3 Å². The van der Waals surface area contributed by atoms with Crippen molar-refractivity contribution < 1.29 is 58.9 Å². The van der Waals surface area contributed by atoms with E-state index < -0.39 is 80.7 Å². The fourth-order valence-electron chi connectivity index (χ4n) is 10.7. The first-order chi connectivity index (χ1) is 28.1. The standard InChI is InChI=1S/C54H99Si10.3ClH.Ti/c1-39-38-54(4,41(3)40(39)2)64(51-45(58(14,15)16)32-42(55(5,6)7)33-46(51)59(17,18)19,52-47(60(20,21)22)34-43(56(8,9)10)35-48(52)61(23,24)25)53-49(62(26,27)28)36-44(57(11,12)13)37-50(53)63(29,30)31;;;;/h32-37H,1-31H3;3*1H;/q-1;;;;+4/p-3. The van der Waals surface area contributed by atoms with Crippen LogP contribution in [0.25, 0.3) is 0 Å². The minimum Gasteiger partial charge on any atom is -1.00 e. The van der Waals surface area contributed by atoms with Gasteiger partial charge in [-0.3, -0.25) is 6.08 Å². The van der Waals surface area contributed by atoms with Gasteiger partial charge in [-0.1, -0.05) is 301 Å². The zero-order valence-corrected chi connectivity index (χ0v) is 63.4. The number of hydrogen-bond donors (Lipinski definition) is 0. The van der Waals surface area contributed by atoms with E-state index in [4.69, 9.17) is 6.08 Å². The van der Waals surface area contributed by atoms with Gasteiger partial charge >= 0.3 is 21.7 Å². The van der Waals surface area contributed by atoms with E-state index in [9.17, 15) is 0 Å². The molecule has 14 heteroatoms. The predicted molar refractivity (Wildman–Crippen MR) is 330 cm³/mol. The molecule has 1 aliphatic carbocycles. The quantitative estimate of drug-likeness (QED) is 0.136. The van der Waals surface area contributed by atoms with Gasteiger partial charge in [0.05, 0.1) is 72.7 Å². The summed E-state index contributed by atoms with van der Waals surface area (Å²) in [5.41, 5.74) is 4.49. The van der Waals surface area contributed by atoms with Gasteiger partial charge in [0.25, 0.3) is 0 Å². The number of hydrogen-bond acceptors (Lipinski definition) is 0. The van der Waals surface area contributed by atoms with E-state index in [2.05, 4.69) is 241 Å². The molecule has 0 saturated heterocycles. The van der Waals surface area contributed by atoms with Crippen LogP contribution in [0.3, 0.4) is 0 Å². The third kappa shape index (κ3) is 13.1. The SMILES string of the molecule is CC1=[C-]C(C)([Si](c2c([Si](C)(C)C)cc([Si](C)(C)C)cc2[Si](C)(C)C)(c2c([Si](C)(C)C)cc([Si](C)(C)C)cc2[Si](C)(C)C)c2c([Si](C)(C)C)cc([Si](C)(C)C)cc2[Si](C)(C)C)C(C)=C1C.[Cl-].[Cl-].[Cl-].[Ti+4]. The summed E-state index contributed by atoms with van der Waals surface area (Å²) in [4.78, 5) is 0. The minimum absolute atomic E-state index is 0. The summed E-state index contributed by atoms with van der Waals surface area (Å²) in [6.07, 6.45) is 4.70. The van der Waals surface area contributed by atoms with Gasteiger partial charge in [0.2, 0.25) is 0 Å². The van der Waals surface area contributed by atoms with Crippen molar-refractivity contribution in [3.8, 4) is 0 Å². The summed E-state index contributed by atoms with van der Waals surface area (Å²) in [7, 11) is -20.9. The summed E-state index contributed by atoms with van der Waals surface area (Å²) in [6, 6.07) is 17.4. The zero-order valence-electron chi connectivity index (χ0n) is 49.6. The van der Waals surface area contributed by atoms with Gasteiger partial charge in [-0.2, -0.15) is 11.1 Å². The van der Waals surface area contributed by atoms with Crippen molar-refractivity contribution in [2.24, 2.45) is 0 Å². The molecule has 68 heavy (non-hydrogen) atoms. The molecule has 0 fully saturated rings. The maximum atomic E-state index is 4.70. The Balaban J connectivity index is 0.0000112. The summed E-state index contributed by atoms with van der Waals surface area (Å²) in [5, 5.41) is 21.1. The maximum absolute atomic E-state index is 4.70. The summed E-state index contributed by atoms with van der Waals surface area (Å²) < 4.78 is 0. The average Bonchev–Trinajstić information content (AvgIpc) is 3.26. The van der Waals surface area contributed by atoms with Crippen molar-refractivity contribution in [1.82, 2.24) is 0 Å². The molecule has 0 N–H and O–H groups in total. The second kappa shape index (κ2) is 21.5. The van der Waals surface area contributed by atoms with Gasteiger partial charge in [-0.15, -0.1) is 6.92 Å². The molecular formula is C54H99Cl3Si10Ti. The molecule has 0 spiro atoms. The molecule has 0 aliphatic heterocycles. The Labute approximate surface area is 466 Å². The fourth-order valence-corrected chi connectivity index (χ4v) is 40.6. The smallest absolute Gasteiger partial charge is 1.00 e. The Hall–Kier alpha value is 0.893. The number of benzene rings is 3. The molecule has 1 atom stereocenters. The minimum atomic E-state index is -3.37. The first-order valence-corrected chi connectivity index (χ1v) is 58.5. The molecule has 0 amide bonds. The monoisotopic (exact) mass is 1180 g/mol. The van der Waals surface area contributed by atoms with Crippen molar-refractivity contribution in [1.29, 1.82) is 0 Å². The molecule has 0 bridgehead atoms. The van der Waals surface area contributed by atoms with Crippen molar-refractivity contribution in [2.75, 3.05) is 0 Å². The van der Waals surface area contributed by atoms with E-state index >= 15 is 0 Å². The predicted octanol–water partition coefficient (Wildman–Crippen LogP) is 0.933. The van der Waals surface area contributed by atoms with Gasteiger partial charge in [0, 0.05) is 0 Å². The third-order valence-electron chi connectivity index (χ3n) is 15.0. The van der Waals surface area contributed by atoms with Crippen molar-refractivity contribution in [2.45, 2.75) is 210 Å². The molecule has 0 nitrogen and oxygen atoms in total. The van der Waals surface area contributed by atoms with Crippen LogP contribution < -0.4 is 99.5 Å². The Morgan fingerprint density at radius 2 is 0.500 bits per heavy atom. The van der Waals surface area contributed by atoms with E-state index in [-0.39, 0.29) is 64.0 Å².